The quantitative estimate of drug-likeness (QED) is 0.506. The molecule has 0 spiro atoms. The van der Waals surface area contributed by atoms with Crippen LogP contribution >= 0.6 is 0 Å². The number of rotatable bonds is 5. The molecule has 4 rings (SSSR count). The fourth-order valence-corrected chi connectivity index (χ4v) is 3.58. The Morgan fingerprint density at radius 3 is 2.69 bits per heavy atom. The lowest BCUT2D eigenvalue weighted by molar-refractivity contribution is -0.137. The number of esters is 1. The average Bonchev–Trinajstić information content (AvgIpc) is 3.11. The molecule has 1 unspecified atom stereocenters. The second-order valence-corrected chi connectivity index (χ2v) is 6.61. The maximum atomic E-state index is 12.3. The third kappa shape index (κ3) is 3.25. The average molecular weight is 391 g/mol. The molecule has 29 heavy (non-hydrogen) atoms. The van der Waals surface area contributed by atoms with Crippen molar-refractivity contribution in [3.05, 3.63) is 76.3 Å². The van der Waals surface area contributed by atoms with Gasteiger partial charge in [0, 0.05) is 12.4 Å². The molecule has 8 nitrogen and oxygen atoms in total. The van der Waals surface area contributed by atoms with Crippen molar-refractivity contribution in [2.75, 3.05) is 7.11 Å². The summed E-state index contributed by atoms with van der Waals surface area (Å²) < 4.78 is 6.39. The van der Waals surface area contributed by atoms with Crippen molar-refractivity contribution in [2.24, 2.45) is 0 Å². The standard InChI is InChI=1S/C21H17N3O5/c1-29-21(28)16-11-24(10-15-19(16)22-23-20(15)27)17(9-18(25)26)14-8-4-6-12-5-2-3-7-13(12)14/h2-8,10-11,17H,9H2,1H3,(H,23,27)(H,25,26). The number of carbonyl (C=O) groups is 2. The van der Waals surface area contributed by atoms with Crippen LogP contribution in [0.2, 0.25) is 0 Å². The number of carboxylic acids is 1. The smallest absolute Gasteiger partial charge is 0.341 e. The number of carbonyl (C=O) groups excluding carboxylic acids is 1. The molecule has 0 saturated carbocycles. The number of hydrogen-bond acceptors (Lipinski definition) is 5. The van der Waals surface area contributed by atoms with Gasteiger partial charge in [-0.05, 0) is 16.3 Å². The van der Waals surface area contributed by atoms with E-state index < -0.39 is 23.5 Å². The van der Waals surface area contributed by atoms with Crippen molar-refractivity contribution in [3.8, 4) is 11.3 Å². The first-order valence-corrected chi connectivity index (χ1v) is 8.87. The Hall–Kier alpha value is -3.94. The number of fused-ring (bicyclic) bond motifs is 2. The molecule has 2 aliphatic rings. The zero-order valence-corrected chi connectivity index (χ0v) is 15.5. The minimum Gasteiger partial charge on any atom is -0.481 e. The third-order valence-electron chi connectivity index (χ3n) is 4.90. The zero-order valence-electron chi connectivity index (χ0n) is 15.5. The van der Waals surface area contributed by atoms with Crippen molar-refractivity contribution in [1.82, 2.24) is 14.8 Å². The number of carboxylic acid groups (broad SMARTS) is 1. The van der Waals surface area contributed by atoms with Gasteiger partial charge in [0.1, 0.15) is 11.3 Å². The number of hydrogen-bond donors (Lipinski definition) is 2. The van der Waals surface area contributed by atoms with E-state index in [1.807, 2.05) is 42.5 Å². The molecule has 2 heterocycles. The van der Waals surface area contributed by atoms with Crippen LogP contribution in [0.25, 0.3) is 22.0 Å². The van der Waals surface area contributed by atoms with E-state index in [1.54, 1.807) is 4.57 Å². The van der Waals surface area contributed by atoms with Crippen LogP contribution in [0.5, 0.6) is 0 Å². The van der Waals surface area contributed by atoms with Crippen LogP contribution in [0.15, 0.2) is 59.7 Å². The summed E-state index contributed by atoms with van der Waals surface area (Å²) in [5.41, 5.74) is 0.751. The third-order valence-corrected chi connectivity index (χ3v) is 4.90. The molecule has 0 radical (unpaired) electrons. The Bertz CT molecular complexity index is 1250. The highest BCUT2D eigenvalue weighted by atomic mass is 16.5. The summed E-state index contributed by atoms with van der Waals surface area (Å²) in [6.07, 6.45) is 2.75. The molecule has 0 amide bonds. The number of methoxy groups -OCH3 is 1. The summed E-state index contributed by atoms with van der Waals surface area (Å²) in [7, 11) is 1.23. The molecule has 2 aliphatic heterocycles. The monoisotopic (exact) mass is 391 g/mol. The number of benzene rings is 2. The molecule has 0 saturated heterocycles. The lowest BCUT2D eigenvalue weighted by Gasteiger charge is -2.23. The van der Waals surface area contributed by atoms with E-state index in [1.165, 1.54) is 19.5 Å². The van der Waals surface area contributed by atoms with Gasteiger partial charge >= 0.3 is 11.9 Å². The second kappa shape index (κ2) is 7.23. The van der Waals surface area contributed by atoms with Crippen LogP contribution in [-0.4, -0.2) is 38.9 Å². The van der Waals surface area contributed by atoms with E-state index in [9.17, 15) is 19.5 Å². The van der Waals surface area contributed by atoms with Crippen molar-refractivity contribution >= 4 is 22.7 Å². The number of aromatic amines is 1. The van der Waals surface area contributed by atoms with Crippen molar-refractivity contribution in [3.63, 3.8) is 0 Å². The maximum Gasteiger partial charge on any atom is 0.341 e. The number of aliphatic carboxylic acids is 1. The first kappa shape index (κ1) is 18.4. The van der Waals surface area contributed by atoms with Crippen LogP contribution in [-0.2, 0) is 9.53 Å². The van der Waals surface area contributed by atoms with E-state index in [4.69, 9.17) is 4.74 Å². The Morgan fingerprint density at radius 2 is 1.93 bits per heavy atom. The fourth-order valence-electron chi connectivity index (χ4n) is 3.58. The lowest BCUT2D eigenvalue weighted by Crippen LogP contribution is -2.19. The van der Waals surface area contributed by atoms with E-state index in [-0.39, 0.29) is 23.2 Å². The second-order valence-electron chi connectivity index (χ2n) is 6.61. The highest BCUT2D eigenvalue weighted by Crippen LogP contribution is 2.32. The fraction of sp³-hybridized carbons (Fsp3) is 0.143. The Kier molecular flexibility index (Phi) is 4.59. The largest absolute Gasteiger partial charge is 0.481 e. The number of aromatic nitrogens is 3. The van der Waals surface area contributed by atoms with Gasteiger partial charge < -0.3 is 14.4 Å². The van der Waals surface area contributed by atoms with Gasteiger partial charge in [0.15, 0.2) is 0 Å². The Balaban J connectivity index is 1.99. The maximum absolute atomic E-state index is 12.3. The van der Waals surface area contributed by atoms with E-state index in [2.05, 4.69) is 10.2 Å². The van der Waals surface area contributed by atoms with Crippen LogP contribution in [0.3, 0.4) is 0 Å². The molecule has 0 aliphatic carbocycles. The Labute approximate surface area is 164 Å². The van der Waals surface area contributed by atoms with Gasteiger partial charge in [-0.15, -0.1) is 0 Å². The topological polar surface area (TPSA) is 114 Å². The summed E-state index contributed by atoms with van der Waals surface area (Å²) in [5, 5.41) is 17.6. The molecular formula is C21H17N3O5. The van der Waals surface area contributed by atoms with Crippen LogP contribution in [0.1, 0.15) is 28.4 Å². The highest BCUT2D eigenvalue weighted by molar-refractivity contribution is 5.96. The number of pyridine rings is 1. The lowest BCUT2D eigenvalue weighted by atomic mass is 9.96. The van der Waals surface area contributed by atoms with E-state index in [0.717, 1.165) is 16.3 Å². The first-order valence-electron chi connectivity index (χ1n) is 8.87. The predicted octanol–water partition coefficient (Wildman–Crippen LogP) is 2.68. The number of H-pyrrole nitrogens is 1. The summed E-state index contributed by atoms with van der Waals surface area (Å²) in [6, 6.07) is 12.6. The van der Waals surface area contributed by atoms with Crippen molar-refractivity contribution < 1.29 is 19.4 Å². The van der Waals surface area contributed by atoms with Gasteiger partial charge in [0.25, 0.3) is 5.56 Å². The number of nitrogens with zero attached hydrogens (tertiary/aromatic N) is 2. The number of nitrogens with one attached hydrogen (secondary N) is 1. The highest BCUT2D eigenvalue weighted by Gasteiger charge is 2.26. The van der Waals surface area contributed by atoms with E-state index in [0.29, 0.717) is 0 Å². The molecule has 2 N–H and O–H groups in total. The molecule has 146 valence electrons. The molecule has 0 aromatic heterocycles. The molecule has 0 fully saturated rings. The van der Waals surface area contributed by atoms with Gasteiger partial charge in [-0.2, -0.15) is 5.10 Å². The van der Waals surface area contributed by atoms with Crippen LogP contribution < -0.4 is 5.56 Å². The van der Waals surface area contributed by atoms with Crippen LogP contribution in [0.4, 0.5) is 0 Å². The van der Waals surface area contributed by atoms with Crippen LogP contribution in [0, 0.1) is 0 Å². The van der Waals surface area contributed by atoms with Crippen molar-refractivity contribution in [2.45, 2.75) is 12.5 Å². The van der Waals surface area contributed by atoms with Gasteiger partial charge in [-0.3, -0.25) is 9.59 Å². The van der Waals surface area contributed by atoms with Crippen molar-refractivity contribution in [1.29, 1.82) is 0 Å². The SMILES string of the molecule is COC(=O)c1cn(C(CC(=O)O)c2cccc3ccccc23)cc2c(=O)[nH]nc1-2. The summed E-state index contributed by atoms with van der Waals surface area (Å²) >= 11 is 0. The van der Waals surface area contributed by atoms with E-state index >= 15 is 0 Å². The first-order chi connectivity index (χ1) is 14.0. The zero-order chi connectivity index (χ0) is 20.5. The predicted molar refractivity (Wildman–Crippen MR) is 105 cm³/mol. The minimum atomic E-state index is -1.01. The molecule has 0 bridgehead atoms. The van der Waals surface area contributed by atoms with Gasteiger partial charge in [0.2, 0.25) is 0 Å². The summed E-state index contributed by atoms with van der Waals surface area (Å²) in [5.74, 6) is -1.67. The van der Waals surface area contributed by atoms with Gasteiger partial charge in [-0.1, -0.05) is 42.5 Å². The summed E-state index contributed by atoms with van der Waals surface area (Å²) in [4.78, 5) is 36.1. The summed E-state index contributed by atoms with van der Waals surface area (Å²) in [6.45, 7) is 0. The molecule has 2 aromatic carbocycles. The molecular weight excluding hydrogens is 374 g/mol. The normalized spacial score (nSPS) is 12.2. The minimum absolute atomic E-state index is 0.0824. The molecule has 8 heteroatoms. The van der Waals surface area contributed by atoms with Gasteiger partial charge in [-0.25, -0.2) is 9.89 Å². The van der Waals surface area contributed by atoms with Gasteiger partial charge in [0.05, 0.1) is 25.1 Å². The number of ether oxygens (including phenoxy) is 1. The molecule has 1 atom stereocenters. The Morgan fingerprint density at radius 1 is 1.17 bits per heavy atom. The molecule has 2 aromatic rings.